The Hall–Kier alpha value is -2.88. The highest BCUT2D eigenvalue weighted by Crippen LogP contribution is 2.15. The van der Waals surface area contributed by atoms with E-state index < -0.39 is 0 Å². The third-order valence-electron chi connectivity index (χ3n) is 4.70. The smallest absolute Gasteiger partial charge is 0.251 e. The number of fused-ring (bicyclic) bond motifs is 1. The van der Waals surface area contributed by atoms with Crippen molar-refractivity contribution in [3.05, 3.63) is 81.6 Å². The highest BCUT2D eigenvalue weighted by atomic mass is 16.1. The van der Waals surface area contributed by atoms with Gasteiger partial charge in [0.2, 0.25) is 5.91 Å². The van der Waals surface area contributed by atoms with E-state index in [4.69, 9.17) is 0 Å². The molecule has 2 aromatic carbocycles. The van der Waals surface area contributed by atoms with Gasteiger partial charge in [-0.3, -0.25) is 9.59 Å². The zero-order valence-corrected chi connectivity index (χ0v) is 16.1. The summed E-state index contributed by atoms with van der Waals surface area (Å²) in [5.74, 6) is -0.0420. The second-order valence-corrected chi connectivity index (χ2v) is 7.81. The maximum Gasteiger partial charge on any atom is 0.251 e. The van der Waals surface area contributed by atoms with E-state index in [-0.39, 0.29) is 17.0 Å². The molecule has 0 aliphatic heterocycles. The van der Waals surface area contributed by atoms with Crippen LogP contribution in [-0.4, -0.2) is 16.4 Å². The largest absolute Gasteiger partial charge is 0.351 e. The van der Waals surface area contributed by atoms with E-state index in [0.29, 0.717) is 18.4 Å². The molecule has 1 amide bonds. The molecule has 3 aromatic rings. The van der Waals surface area contributed by atoms with Crippen molar-refractivity contribution < 1.29 is 4.79 Å². The molecule has 1 aromatic heterocycles. The van der Waals surface area contributed by atoms with Crippen LogP contribution in [0, 0.1) is 6.92 Å². The molecule has 0 saturated heterocycles. The first kappa shape index (κ1) is 18.9. The van der Waals surface area contributed by atoms with Crippen LogP contribution in [0.15, 0.2) is 59.4 Å². The minimum Gasteiger partial charge on any atom is -0.351 e. The fourth-order valence-electron chi connectivity index (χ4n) is 3.33. The van der Waals surface area contributed by atoms with Crippen LogP contribution in [0.5, 0.6) is 0 Å². The maximum absolute atomic E-state index is 12.4. The summed E-state index contributed by atoms with van der Waals surface area (Å²) in [6, 6.07) is 17.9. The minimum atomic E-state index is -0.345. The molecule has 0 fully saturated rings. The van der Waals surface area contributed by atoms with Gasteiger partial charge in [0, 0.05) is 23.0 Å². The number of hydrogen-bond acceptors (Lipinski definition) is 2. The summed E-state index contributed by atoms with van der Waals surface area (Å²) < 4.78 is 0. The van der Waals surface area contributed by atoms with E-state index in [1.807, 2.05) is 44.2 Å². The van der Waals surface area contributed by atoms with E-state index >= 15 is 0 Å². The molecule has 0 saturated carbocycles. The quantitative estimate of drug-likeness (QED) is 0.698. The number of hydrogen-bond donors (Lipinski definition) is 2. The predicted molar refractivity (Wildman–Crippen MR) is 110 cm³/mol. The lowest BCUT2D eigenvalue weighted by molar-refractivity contribution is -0.122. The molecule has 0 radical (unpaired) electrons. The number of carbonyl (C=O) groups excluding carboxylic acids is 1. The van der Waals surface area contributed by atoms with Crippen LogP contribution in [0.2, 0.25) is 0 Å². The summed E-state index contributed by atoms with van der Waals surface area (Å²) >= 11 is 0. The van der Waals surface area contributed by atoms with Gasteiger partial charge >= 0.3 is 0 Å². The van der Waals surface area contributed by atoms with Crippen LogP contribution in [-0.2, 0) is 17.6 Å². The Balaban J connectivity index is 1.61. The second-order valence-electron chi connectivity index (χ2n) is 7.81. The molecule has 4 nitrogen and oxygen atoms in total. The number of aromatic amines is 1. The molecule has 1 heterocycles. The summed E-state index contributed by atoms with van der Waals surface area (Å²) in [5, 5.41) is 4.07. The average Bonchev–Trinajstić information content (AvgIpc) is 2.61. The van der Waals surface area contributed by atoms with Gasteiger partial charge in [-0.2, -0.15) is 0 Å². The molecule has 27 heavy (non-hydrogen) atoms. The molecule has 0 aliphatic carbocycles. The van der Waals surface area contributed by atoms with Crippen LogP contribution in [0.3, 0.4) is 0 Å². The topological polar surface area (TPSA) is 62.0 Å². The van der Waals surface area contributed by atoms with Gasteiger partial charge < -0.3 is 10.3 Å². The Morgan fingerprint density at radius 2 is 1.78 bits per heavy atom. The minimum absolute atomic E-state index is 0.0420. The van der Waals surface area contributed by atoms with Crippen molar-refractivity contribution in [1.82, 2.24) is 10.3 Å². The third-order valence-corrected chi connectivity index (χ3v) is 4.70. The number of carbonyl (C=O) groups is 1. The van der Waals surface area contributed by atoms with E-state index in [9.17, 15) is 9.59 Å². The Bertz CT molecular complexity index is 1000. The highest BCUT2D eigenvalue weighted by molar-refractivity contribution is 5.79. The Labute approximate surface area is 159 Å². The van der Waals surface area contributed by atoms with Gasteiger partial charge in [0.15, 0.2) is 0 Å². The Kier molecular flexibility index (Phi) is 5.45. The Morgan fingerprint density at radius 3 is 2.52 bits per heavy atom. The van der Waals surface area contributed by atoms with Gasteiger partial charge in [-0.05, 0) is 56.7 Å². The third kappa shape index (κ3) is 5.07. The van der Waals surface area contributed by atoms with Crippen molar-refractivity contribution in [2.24, 2.45) is 0 Å². The monoisotopic (exact) mass is 362 g/mol. The molecular weight excluding hydrogens is 336 g/mol. The zero-order valence-electron chi connectivity index (χ0n) is 16.1. The molecule has 3 rings (SSSR count). The summed E-state index contributed by atoms with van der Waals surface area (Å²) in [6.07, 6.45) is 1.47. The number of H-pyrrole nitrogens is 1. The van der Waals surface area contributed by atoms with Crippen molar-refractivity contribution >= 4 is 16.8 Å². The SMILES string of the molecule is Cc1ccc(CC(C)(C)NC(=O)CCc2cc3ccccc3[nH]c2=O)cc1. The van der Waals surface area contributed by atoms with Gasteiger partial charge in [-0.15, -0.1) is 0 Å². The lowest BCUT2D eigenvalue weighted by atomic mass is 9.94. The predicted octanol–water partition coefficient (Wildman–Crippen LogP) is 3.91. The molecule has 140 valence electrons. The number of amides is 1. The number of nitrogens with one attached hydrogen (secondary N) is 2. The molecule has 4 heteroatoms. The first-order valence-corrected chi connectivity index (χ1v) is 9.30. The van der Waals surface area contributed by atoms with Crippen LogP contribution in [0.4, 0.5) is 0 Å². The summed E-state index contributed by atoms with van der Waals surface area (Å²) in [5.41, 5.74) is 3.40. The molecule has 0 aliphatic rings. The van der Waals surface area contributed by atoms with Crippen molar-refractivity contribution in [2.45, 2.75) is 45.6 Å². The molecule has 2 N–H and O–H groups in total. The normalized spacial score (nSPS) is 11.5. The fraction of sp³-hybridized carbons (Fsp3) is 0.304. The van der Waals surface area contributed by atoms with Crippen molar-refractivity contribution in [2.75, 3.05) is 0 Å². The van der Waals surface area contributed by atoms with Gasteiger partial charge in [-0.1, -0.05) is 48.0 Å². The standard InChI is InChI=1S/C23H26N2O2/c1-16-8-10-17(11-9-16)15-23(2,3)25-21(26)13-12-19-14-18-6-4-5-7-20(18)24-22(19)27/h4-11,14H,12-13,15H2,1-3H3,(H,24,27)(H,25,26). The molecule has 0 bridgehead atoms. The molecular formula is C23H26N2O2. The second kappa shape index (κ2) is 7.78. The molecule has 0 unspecified atom stereocenters. The van der Waals surface area contributed by atoms with E-state index in [2.05, 4.69) is 41.5 Å². The number of rotatable bonds is 6. The Morgan fingerprint density at radius 1 is 1.07 bits per heavy atom. The van der Waals surface area contributed by atoms with E-state index in [0.717, 1.165) is 17.3 Å². The zero-order chi connectivity index (χ0) is 19.4. The van der Waals surface area contributed by atoms with E-state index in [1.165, 1.54) is 11.1 Å². The molecule has 0 atom stereocenters. The summed E-state index contributed by atoms with van der Waals surface area (Å²) in [4.78, 5) is 27.5. The van der Waals surface area contributed by atoms with Gasteiger partial charge in [0.25, 0.3) is 5.56 Å². The van der Waals surface area contributed by atoms with Gasteiger partial charge in [0.1, 0.15) is 0 Å². The number of pyridine rings is 1. The average molecular weight is 362 g/mol. The van der Waals surface area contributed by atoms with Crippen molar-refractivity contribution in [1.29, 1.82) is 0 Å². The maximum atomic E-state index is 12.4. The van der Waals surface area contributed by atoms with Crippen LogP contribution in [0.1, 0.15) is 37.0 Å². The van der Waals surface area contributed by atoms with Gasteiger partial charge in [0.05, 0.1) is 0 Å². The van der Waals surface area contributed by atoms with Crippen LogP contribution < -0.4 is 10.9 Å². The number of para-hydroxylation sites is 1. The lowest BCUT2D eigenvalue weighted by Gasteiger charge is -2.26. The van der Waals surface area contributed by atoms with Crippen molar-refractivity contribution in [3.8, 4) is 0 Å². The van der Waals surface area contributed by atoms with Crippen LogP contribution >= 0.6 is 0 Å². The number of aryl methyl sites for hydroxylation is 2. The highest BCUT2D eigenvalue weighted by Gasteiger charge is 2.21. The summed E-state index contributed by atoms with van der Waals surface area (Å²) in [6.45, 7) is 6.10. The summed E-state index contributed by atoms with van der Waals surface area (Å²) in [7, 11) is 0. The first-order valence-electron chi connectivity index (χ1n) is 9.30. The van der Waals surface area contributed by atoms with Gasteiger partial charge in [-0.25, -0.2) is 0 Å². The molecule has 0 spiro atoms. The van der Waals surface area contributed by atoms with Crippen molar-refractivity contribution in [3.63, 3.8) is 0 Å². The number of benzene rings is 2. The number of aromatic nitrogens is 1. The fourth-order valence-corrected chi connectivity index (χ4v) is 3.33. The first-order chi connectivity index (χ1) is 12.8. The van der Waals surface area contributed by atoms with Crippen LogP contribution in [0.25, 0.3) is 10.9 Å². The van der Waals surface area contributed by atoms with E-state index in [1.54, 1.807) is 0 Å². The lowest BCUT2D eigenvalue weighted by Crippen LogP contribution is -2.45.